The minimum atomic E-state index is 0.593. The second-order valence-corrected chi connectivity index (χ2v) is 12.0. The molecule has 3 aromatic heterocycles. The summed E-state index contributed by atoms with van der Waals surface area (Å²) in [6.07, 6.45) is 0. The topological polar surface area (TPSA) is 65.0 Å². The van der Waals surface area contributed by atoms with Crippen LogP contribution in [0.15, 0.2) is 160 Å². The number of rotatable bonds is 4. The zero-order valence-electron chi connectivity index (χ0n) is 25.6. The van der Waals surface area contributed by atoms with Crippen LogP contribution in [0.1, 0.15) is 0 Å². The molecule has 5 nitrogen and oxygen atoms in total. The Morgan fingerprint density at radius 2 is 0.979 bits per heavy atom. The molecule has 0 saturated heterocycles. The molecule has 0 aliphatic heterocycles. The van der Waals surface area contributed by atoms with Gasteiger partial charge in [-0.25, -0.2) is 15.0 Å². The molecule has 3 heterocycles. The van der Waals surface area contributed by atoms with Gasteiger partial charge in [-0.3, -0.25) is 0 Å². The third kappa shape index (κ3) is 4.22. The van der Waals surface area contributed by atoms with Gasteiger partial charge < -0.3 is 8.83 Å². The van der Waals surface area contributed by atoms with Crippen molar-refractivity contribution in [3.05, 3.63) is 152 Å². The predicted octanol–water partition coefficient (Wildman–Crippen LogP) is 11.5. The normalized spacial score (nSPS) is 11.8. The molecule has 10 rings (SSSR count). The van der Waals surface area contributed by atoms with Gasteiger partial charge in [-0.15, -0.1) is 0 Å². The molecule has 224 valence electrons. The third-order valence-corrected chi connectivity index (χ3v) is 9.12. The summed E-state index contributed by atoms with van der Waals surface area (Å²) in [6, 6.07) is 51.6. The van der Waals surface area contributed by atoms with E-state index in [1.807, 2.05) is 84.9 Å². The molecule has 7 aromatic carbocycles. The van der Waals surface area contributed by atoms with Gasteiger partial charge in [-0.05, 0) is 65.0 Å². The van der Waals surface area contributed by atoms with Crippen molar-refractivity contribution >= 4 is 54.6 Å². The van der Waals surface area contributed by atoms with Crippen LogP contribution < -0.4 is 0 Å². The molecule has 0 saturated carbocycles. The van der Waals surface area contributed by atoms with E-state index in [1.54, 1.807) is 0 Å². The average Bonchev–Trinajstić information content (AvgIpc) is 3.73. The SMILES string of the molecule is c1ccc(-c2nc(-c3ccc4oc5c6ccccc6ccc5c4c3)nc(-c3ccc4oc5cccc(-c6ccccc6)c5c4c3)n2)cc1. The molecule has 10 aromatic rings. The van der Waals surface area contributed by atoms with Crippen molar-refractivity contribution in [1.82, 2.24) is 15.0 Å². The largest absolute Gasteiger partial charge is 0.456 e. The van der Waals surface area contributed by atoms with Crippen LogP contribution >= 0.6 is 0 Å². The number of nitrogens with zero attached hydrogens (tertiary/aromatic N) is 3. The minimum absolute atomic E-state index is 0.593. The number of furan rings is 2. The zero-order valence-corrected chi connectivity index (χ0v) is 25.6. The predicted molar refractivity (Wildman–Crippen MR) is 194 cm³/mol. The van der Waals surface area contributed by atoms with E-state index in [0.717, 1.165) is 82.5 Å². The minimum Gasteiger partial charge on any atom is -0.456 e. The first-order chi connectivity index (χ1) is 23.8. The van der Waals surface area contributed by atoms with Crippen molar-refractivity contribution in [3.8, 4) is 45.3 Å². The van der Waals surface area contributed by atoms with E-state index >= 15 is 0 Å². The first-order valence-corrected chi connectivity index (χ1v) is 15.9. The van der Waals surface area contributed by atoms with Crippen LogP contribution in [0, 0.1) is 0 Å². The van der Waals surface area contributed by atoms with Gasteiger partial charge in [0.2, 0.25) is 0 Å². The molecule has 0 unspecified atom stereocenters. The van der Waals surface area contributed by atoms with Gasteiger partial charge in [-0.1, -0.05) is 103 Å². The number of aromatic nitrogens is 3. The highest BCUT2D eigenvalue weighted by atomic mass is 16.3. The Morgan fingerprint density at radius 3 is 1.73 bits per heavy atom. The summed E-state index contributed by atoms with van der Waals surface area (Å²) in [5.74, 6) is 1.80. The van der Waals surface area contributed by atoms with Gasteiger partial charge in [0, 0.05) is 43.6 Å². The van der Waals surface area contributed by atoms with E-state index in [-0.39, 0.29) is 0 Å². The fraction of sp³-hybridized carbons (Fsp3) is 0. The lowest BCUT2D eigenvalue weighted by Crippen LogP contribution is -2.00. The zero-order chi connectivity index (χ0) is 31.6. The molecule has 0 aliphatic carbocycles. The maximum atomic E-state index is 6.39. The summed E-state index contributed by atoms with van der Waals surface area (Å²) in [5, 5.41) is 6.42. The highest BCUT2D eigenvalue weighted by Gasteiger charge is 2.18. The van der Waals surface area contributed by atoms with E-state index in [0.29, 0.717) is 17.5 Å². The Balaban J connectivity index is 1.18. The van der Waals surface area contributed by atoms with E-state index in [1.165, 1.54) is 0 Å². The van der Waals surface area contributed by atoms with Gasteiger partial charge in [0.05, 0.1) is 0 Å². The molecular weight excluding hydrogens is 590 g/mol. The first-order valence-electron chi connectivity index (χ1n) is 15.9. The molecule has 0 radical (unpaired) electrons. The fourth-order valence-electron chi connectivity index (χ4n) is 6.82. The summed E-state index contributed by atoms with van der Waals surface area (Å²) in [5.41, 5.74) is 8.34. The van der Waals surface area contributed by atoms with Crippen LogP contribution in [0.25, 0.3) is 99.9 Å². The fourth-order valence-corrected chi connectivity index (χ4v) is 6.82. The lowest BCUT2D eigenvalue weighted by molar-refractivity contribution is 0.669. The Kier molecular flexibility index (Phi) is 5.81. The van der Waals surface area contributed by atoms with Gasteiger partial charge in [-0.2, -0.15) is 0 Å². The number of hydrogen-bond donors (Lipinski definition) is 0. The Labute approximate surface area is 274 Å². The van der Waals surface area contributed by atoms with Crippen LogP contribution in [-0.2, 0) is 0 Å². The highest BCUT2D eigenvalue weighted by Crippen LogP contribution is 2.39. The van der Waals surface area contributed by atoms with Crippen LogP contribution in [0.4, 0.5) is 0 Å². The molecule has 0 bridgehead atoms. The quantitative estimate of drug-likeness (QED) is 0.197. The Morgan fingerprint density at radius 1 is 0.354 bits per heavy atom. The lowest BCUT2D eigenvalue weighted by atomic mass is 9.99. The second-order valence-electron chi connectivity index (χ2n) is 12.0. The van der Waals surface area contributed by atoms with Crippen molar-refractivity contribution in [1.29, 1.82) is 0 Å². The van der Waals surface area contributed by atoms with Crippen molar-refractivity contribution in [2.45, 2.75) is 0 Å². The van der Waals surface area contributed by atoms with Crippen molar-refractivity contribution in [3.63, 3.8) is 0 Å². The molecule has 48 heavy (non-hydrogen) atoms. The number of benzene rings is 7. The summed E-state index contributed by atoms with van der Waals surface area (Å²) < 4.78 is 12.7. The van der Waals surface area contributed by atoms with Gasteiger partial charge in [0.25, 0.3) is 0 Å². The molecule has 0 atom stereocenters. The Bertz CT molecular complexity index is 2840. The van der Waals surface area contributed by atoms with E-state index < -0.39 is 0 Å². The molecule has 5 heteroatoms. The van der Waals surface area contributed by atoms with Gasteiger partial charge in [0.1, 0.15) is 22.3 Å². The summed E-state index contributed by atoms with van der Waals surface area (Å²) in [6.45, 7) is 0. The van der Waals surface area contributed by atoms with Crippen LogP contribution in [-0.4, -0.2) is 15.0 Å². The van der Waals surface area contributed by atoms with E-state index in [2.05, 4.69) is 66.7 Å². The number of fused-ring (bicyclic) bond motifs is 8. The maximum Gasteiger partial charge on any atom is 0.164 e. The Hall–Kier alpha value is -6.59. The van der Waals surface area contributed by atoms with Gasteiger partial charge >= 0.3 is 0 Å². The van der Waals surface area contributed by atoms with Crippen molar-refractivity contribution in [2.75, 3.05) is 0 Å². The maximum absolute atomic E-state index is 6.39. The van der Waals surface area contributed by atoms with Crippen LogP contribution in [0.3, 0.4) is 0 Å². The monoisotopic (exact) mass is 615 g/mol. The molecular formula is C43H25N3O2. The molecule has 0 N–H and O–H groups in total. The van der Waals surface area contributed by atoms with Crippen LogP contribution in [0.5, 0.6) is 0 Å². The van der Waals surface area contributed by atoms with Gasteiger partial charge in [0.15, 0.2) is 17.5 Å². The second kappa shape index (κ2) is 10.5. The number of hydrogen-bond acceptors (Lipinski definition) is 5. The smallest absolute Gasteiger partial charge is 0.164 e. The molecule has 0 amide bonds. The first kappa shape index (κ1) is 26.6. The summed E-state index contributed by atoms with van der Waals surface area (Å²) >= 11 is 0. The molecule has 0 spiro atoms. The van der Waals surface area contributed by atoms with Crippen LogP contribution in [0.2, 0.25) is 0 Å². The molecule has 0 fully saturated rings. The standard InChI is InChI=1S/C43H25N3O2/c1-3-10-26(11-4-1)31-16-9-17-38-39(31)35-25-30(20-23-37(35)47-38)43-45-41(28-13-5-2-6-14-28)44-42(46-43)29-19-22-36-34(24-29)33-21-18-27-12-7-8-15-32(27)40(33)48-36/h1-25H. The highest BCUT2D eigenvalue weighted by molar-refractivity contribution is 6.16. The van der Waals surface area contributed by atoms with Crippen molar-refractivity contribution < 1.29 is 8.83 Å². The lowest BCUT2D eigenvalue weighted by Gasteiger charge is -2.09. The summed E-state index contributed by atoms with van der Waals surface area (Å²) in [4.78, 5) is 15.1. The van der Waals surface area contributed by atoms with E-state index in [4.69, 9.17) is 23.8 Å². The molecule has 0 aliphatic rings. The average molecular weight is 616 g/mol. The summed E-state index contributed by atoms with van der Waals surface area (Å²) in [7, 11) is 0. The third-order valence-electron chi connectivity index (χ3n) is 9.12. The van der Waals surface area contributed by atoms with Crippen molar-refractivity contribution in [2.24, 2.45) is 0 Å². The van der Waals surface area contributed by atoms with E-state index in [9.17, 15) is 0 Å².